The Hall–Kier alpha value is -3.74. The van der Waals surface area contributed by atoms with Crippen LogP contribution in [0.1, 0.15) is 68.7 Å². The quantitative estimate of drug-likeness (QED) is 0.381. The average Bonchev–Trinajstić information content (AvgIpc) is 3.10. The molecule has 1 aliphatic heterocycles. The molecule has 3 aromatic rings. The van der Waals surface area contributed by atoms with Crippen molar-refractivity contribution in [3.05, 3.63) is 77.4 Å². The van der Waals surface area contributed by atoms with Gasteiger partial charge >= 0.3 is 6.09 Å². The van der Waals surface area contributed by atoms with Gasteiger partial charge in [0.2, 0.25) is 0 Å². The van der Waals surface area contributed by atoms with Crippen molar-refractivity contribution in [2.24, 2.45) is 0 Å². The van der Waals surface area contributed by atoms with Gasteiger partial charge in [0.1, 0.15) is 18.0 Å². The Labute approximate surface area is 219 Å². The van der Waals surface area contributed by atoms with Gasteiger partial charge in [0.05, 0.1) is 11.9 Å². The lowest BCUT2D eigenvalue weighted by Gasteiger charge is -2.26. The maximum absolute atomic E-state index is 12.6. The molecule has 0 atom stereocenters. The van der Waals surface area contributed by atoms with Crippen LogP contribution in [-0.4, -0.2) is 45.4 Å². The Balaban J connectivity index is 0.00000186. The van der Waals surface area contributed by atoms with Crippen LogP contribution >= 0.6 is 0 Å². The summed E-state index contributed by atoms with van der Waals surface area (Å²) >= 11 is 0. The van der Waals surface area contributed by atoms with E-state index in [1.165, 1.54) is 11.1 Å². The van der Waals surface area contributed by atoms with Crippen molar-refractivity contribution in [3.63, 3.8) is 0 Å². The number of Topliss-reactive ketones (excluding diaryl/α,β-unsaturated/α-hetero) is 1. The monoisotopic (exact) mass is 503 g/mol. The highest BCUT2D eigenvalue weighted by molar-refractivity contribution is 5.96. The molecule has 0 radical (unpaired) electrons. The molecule has 37 heavy (non-hydrogen) atoms. The number of ketones is 1. The third-order valence-electron chi connectivity index (χ3n) is 5.85. The number of carbonyl (C=O) groups excluding carboxylic acids is 2. The van der Waals surface area contributed by atoms with E-state index in [0.29, 0.717) is 24.4 Å². The van der Waals surface area contributed by atoms with Crippen molar-refractivity contribution >= 4 is 11.9 Å². The summed E-state index contributed by atoms with van der Waals surface area (Å²) in [6, 6.07) is 11.8. The summed E-state index contributed by atoms with van der Waals surface area (Å²) < 4.78 is 11.7. The van der Waals surface area contributed by atoms with E-state index >= 15 is 0 Å². The Morgan fingerprint density at radius 3 is 2.35 bits per heavy atom. The Kier molecular flexibility index (Phi) is 9.39. The van der Waals surface area contributed by atoms with Crippen LogP contribution in [-0.2, 0) is 24.2 Å². The van der Waals surface area contributed by atoms with Gasteiger partial charge in [-0.05, 0) is 75.4 Å². The van der Waals surface area contributed by atoms with Crippen molar-refractivity contribution in [1.82, 2.24) is 14.9 Å². The molecule has 2 aromatic carbocycles. The molecule has 1 aromatic heterocycles. The van der Waals surface area contributed by atoms with Crippen molar-refractivity contribution < 1.29 is 19.1 Å². The first-order chi connectivity index (χ1) is 17.7. The number of nitrogens with zero attached hydrogens (tertiary/aromatic N) is 3. The zero-order valence-electron chi connectivity index (χ0n) is 22.7. The van der Waals surface area contributed by atoms with Gasteiger partial charge in [-0.15, -0.1) is 0 Å². The number of ether oxygens (including phenoxy) is 2. The molecule has 0 fully saturated rings. The molecule has 0 spiro atoms. The van der Waals surface area contributed by atoms with E-state index in [1.807, 2.05) is 46.8 Å². The van der Waals surface area contributed by atoms with Gasteiger partial charge in [0.25, 0.3) is 0 Å². The first kappa shape index (κ1) is 27.8. The van der Waals surface area contributed by atoms with E-state index in [0.717, 1.165) is 29.7 Å². The van der Waals surface area contributed by atoms with E-state index in [9.17, 15) is 9.59 Å². The van der Waals surface area contributed by atoms with E-state index in [2.05, 4.69) is 28.2 Å². The molecular weight excluding hydrogens is 466 g/mol. The fourth-order valence-corrected chi connectivity index (χ4v) is 4.06. The fraction of sp³-hybridized carbons (Fsp3) is 0.400. The number of hydrogen-bond donors (Lipinski definition) is 0. The van der Waals surface area contributed by atoms with Crippen LogP contribution < -0.4 is 4.74 Å². The zero-order valence-corrected chi connectivity index (χ0v) is 22.7. The first-order valence-corrected chi connectivity index (χ1v) is 12.8. The van der Waals surface area contributed by atoms with Gasteiger partial charge in [-0.1, -0.05) is 32.0 Å². The van der Waals surface area contributed by atoms with E-state index < -0.39 is 5.60 Å². The molecule has 0 aliphatic carbocycles. The molecule has 0 bridgehead atoms. The minimum atomic E-state index is -0.521. The smallest absolute Gasteiger partial charge is 0.410 e. The van der Waals surface area contributed by atoms with Crippen molar-refractivity contribution in [2.45, 2.75) is 66.6 Å². The normalized spacial score (nSPS) is 13.0. The lowest BCUT2D eigenvalue weighted by molar-refractivity contribution is 0.0258. The van der Waals surface area contributed by atoms with Gasteiger partial charge in [0, 0.05) is 36.6 Å². The molecule has 7 heteroatoms. The van der Waals surface area contributed by atoms with Gasteiger partial charge in [-0.3, -0.25) is 14.8 Å². The molecule has 0 unspecified atom stereocenters. The number of aromatic nitrogens is 2. The second-order valence-electron chi connectivity index (χ2n) is 9.70. The Morgan fingerprint density at radius 1 is 0.973 bits per heavy atom. The third-order valence-corrected chi connectivity index (χ3v) is 5.85. The van der Waals surface area contributed by atoms with Crippen LogP contribution in [0.4, 0.5) is 4.79 Å². The lowest BCUT2D eigenvalue weighted by Crippen LogP contribution is -2.38. The SMILES string of the molecule is CC.CC(=O)c1ccc(OCc2cnccn2)c(-c2ccc3c(c2)CCN(C(=O)OC(C)(C)C)CC3)c1. The van der Waals surface area contributed by atoms with E-state index in [-0.39, 0.29) is 18.5 Å². The largest absolute Gasteiger partial charge is 0.487 e. The summed E-state index contributed by atoms with van der Waals surface area (Å²) in [6.07, 6.45) is 6.13. The van der Waals surface area contributed by atoms with Crippen LogP contribution in [0.5, 0.6) is 5.75 Å². The predicted molar refractivity (Wildman–Crippen MR) is 145 cm³/mol. The molecule has 4 rings (SSSR count). The highest BCUT2D eigenvalue weighted by atomic mass is 16.6. The molecular formula is C30H37N3O4. The number of amides is 1. The minimum Gasteiger partial charge on any atom is -0.487 e. The summed E-state index contributed by atoms with van der Waals surface area (Å²) in [5, 5.41) is 0. The molecule has 0 N–H and O–H groups in total. The molecule has 196 valence electrons. The highest BCUT2D eigenvalue weighted by Crippen LogP contribution is 2.34. The summed E-state index contributed by atoms with van der Waals surface area (Å²) in [6.45, 7) is 12.7. The van der Waals surface area contributed by atoms with E-state index in [1.54, 1.807) is 36.5 Å². The summed E-state index contributed by atoms with van der Waals surface area (Å²) in [5.74, 6) is 0.666. The van der Waals surface area contributed by atoms with Gasteiger partial charge in [0.15, 0.2) is 5.78 Å². The molecule has 0 saturated carbocycles. The zero-order chi connectivity index (χ0) is 27.0. The van der Waals surface area contributed by atoms with E-state index in [4.69, 9.17) is 9.47 Å². The molecule has 7 nitrogen and oxygen atoms in total. The second kappa shape index (κ2) is 12.5. The summed E-state index contributed by atoms with van der Waals surface area (Å²) in [5.41, 5.74) is 5.03. The highest BCUT2D eigenvalue weighted by Gasteiger charge is 2.24. The Bertz CT molecular complexity index is 1220. The van der Waals surface area contributed by atoms with Crippen LogP contribution in [0.3, 0.4) is 0 Å². The summed E-state index contributed by atoms with van der Waals surface area (Å²) in [7, 11) is 0. The number of rotatable bonds is 5. The van der Waals surface area contributed by atoms with Gasteiger partial charge in [-0.2, -0.15) is 0 Å². The third kappa shape index (κ3) is 7.62. The van der Waals surface area contributed by atoms with Crippen LogP contribution in [0, 0.1) is 0 Å². The fourth-order valence-electron chi connectivity index (χ4n) is 4.06. The molecule has 1 aliphatic rings. The number of benzene rings is 2. The van der Waals surface area contributed by atoms with Crippen molar-refractivity contribution in [1.29, 1.82) is 0 Å². The van der Waals surface area contributed by atoms with Crippen LogP contribution in [0.2, 0.25) is 0 Å². The predicted octanol–water partition coefficient (Wildman–Crippen LogP) is 6.29. The van der Waals surface area contributed by atoms with Crippen molar-refractivity contribution in [2.75, 3.05) is 13.1 Å². The maximum Gasteiger partial charge on any atom is 0.410 e. The standard InChI is InChI=1S/C28H31N3O4.C2H6/c1-19(32)21-7-8-26(34-18-24-17-29-11-12-30-24)25(16-21)23-6-5-20-9-13-31(14-10-22(20)15-23)27(33)35-28(2,3)4;1-2/h5-8,11-12,15-17H,9-10,13-14,18H2,1-4H3;1-2H3. The summed E-state index contributed by atoms with van der Waals surface area (Å²) in [4.78, 5) is 34.8. The Morgan fingerprint density at radius 2 is 1.70 bits per heavy atom. The van der Waals surface area contributed by atoms with Crippen LogP contribution in [0.25, 0.3) is 11.1 Å². The van der Waals surface area contributed by atoms with Crippen LogP contribution in [0.15, 0.2) is 55.0 Å². The van der Waals surface area contributed by atoms with Gasteiger partial charge in [-0.25, -0.2) is 4.79 Å². The number of fused-ring (bicyclic) bond motifs is 1. The van der Waals surface area contributed by atoms with Gasteiger partial charge < -0.3 is 14.4 Å². The number of hydrogen-bond acceptors (Lipinski definition) is 6. The first-order valence-electron chi connectivity index (χ1n) is 12.8. The topological polar surface area (TPSA) is 81.6 Å². The second-order valence-corrected chi connectivity index (χ2v) is 9.70. The maximum atomic E-state index is 12.6. The molecule has 2 heterocycles. The lowest BCUT2D eigenvalue weighted by atomic mass is 9.94. The molecule has 1 amide bonds. The van der Waals surface area contributed by atoms with Crippen molar-refractivity contribution in [3.8, 4) is 16.9 Å². The minimum absolute atomic E-state index is 0.00510. The molecule has 0 saturated heterocycles. The average molecular weight is 504 g/mol. The number of carbonyl (C=O) groups is 2.